The van der Waals surface area contributed by atoms with Gasteiger partial charge in [-0.15, -0.1) is 0 Å². The predicted octanol–water partition coefficient (Wildman–Crippen LogP) is 3.39. The predicted molar refractivity (Wildman–Crippen MR) is 75.4 cm³/mol. The van der Waals surface area contributed by atoms with Gasteiger partial charge in [-0.2, -0.15) is 0 Å². The molecule has 3 heteroatoms. The van der Waals surface area contributed by atoms with E-state index in [1.54, 1.807) is 6.26 Å². The highest BCUT2D eigenvalue weighted by molar-refractivity contribution is 6.02. The molecule has 2 aromatic rings. The number of fused-ring (bicyclic) bond motifs is 1. The summed E-state index contributed by atoms with van der Waals surface area (Å²) in [6, 6.07) is 7.60. The molecule has 3 nitrogen and oxygen atoms in total. The van der Waals surface area contributed by atoms with Crippen LogP contribution in [0.2, 0.25) is 0 Å². The number of nitrogens with one attached hydrogen (secondary N) is 1. The van der Waals surface area contributed by atoms with E-state index in [0.717, 1.165) is 35.9 Å². The summed E-state index contributed by atoms with van der Waals surface area (Å²) in [5.41, 5.74) is 1.54. The molecule has 1 fully saturated rings. The van der Waals surface area contributed by atoms with Crippen molar-refractivity contribution in [3.8, 4) is 0 Å². The Kier molecular flexibility index (Phi) is 3.38. The maximum Gasteiger partial charge on any atom is 0.180 e. The first-order chi connectivity index (χ1) is 9.29. The average molecular weight is 257 g/mol. The van der Waals surface area contributed by atoms with Gasteiger partial charge in [-0.25, -0.2) is 0 Å². The molecule has 1 aromatic carbocycles. The third-order valence-corrected chi connectivity index (χ3v) is 4.07. The van der Waals surface area contributed by atoms with Crippen molar-refractivity contribution in [3.05, 3.63) is 36.1 Å². The molecule has 100 valence electrons. The molecule has 1 unspecified atom stereocenters. The van der Waals surface area contributed by atoms with Crippen LogP contribution in [0.4, 0.5) is 0 Å². The molecule has 0 amide bonds. The number of ketones is 1. The summed E-state index contributed by atoms with van der Waals surface area (Å²) in [5, 5.41) is 4.39. The van der Waals surface area contributed by atoms with Crippen LogP contribution in [0.25, 0.3) is 11.0 Å². The van der Waals surface area contributed by atoms with Gasteiger partial charge >= 0.3 is 0 Å². The molecule has 0 radical (unpaired) electrons. The van der Waals surface area contributed by atoms with Crippen LogP contribution in [0.1, 0.15) is 36.5 Å². The fourth-order valence-corrected chi connectivity index (χ4v) is 2.75. The first-order valence-corrected chi connectivity index (χ1v) is 7.04. The Morgan fingerprint density at radius 3 is 2.95 bits per heavy atom. The molecular weight excluding hydrogens is 238 g/mol. The summed E-state index contributed by atoms with van der Waals surface area (Å²) >= 11 is 0. The Balaban J connectivity index is 1.87. The van der Waals surface area contributed by atoms with Crippen LogP contribution in [0.15, 0.2) is 34.9 Å². The first-order valence-electron chi connectivity index (χ1n) is 7.04. The molecule has 1 N–H and O–H groups in total. The standard InChI is InChI=1S/C16H19NO2/c1-2-17-15(12-4-3-5-12)16(18)13-7-6-11-8-9-19-14(11)10-13/h6-10,12,15,17H,2-5H2,1H3. The van der Waals surface area contributed by atoms with Crippen molar-refractivity contribution in [2.75, 3.05) is 6.54 Å². The van der Waals surface area contributed by atoms with Crippen LogP contribution in [0, 0.1) is 5.92 Å². The number of carbonyl (C=O) groups excluding carboxylic acids is 1. The number of furan rings is 1. The zero-order valence-corrected chi connectivity index (χ0v) is 11.2. The second kappa shape index (κ2) is 5.17. The third-order valence-electron chi connectivity index (χ3n) is 4.07. The Morgan fingerprint density at radius 1 is 1.42 bits per heavy atom. The van der Waals surface area contributed by atoms with Gasteiger partial charge in [-0.3, -0.25) is 4.79 Å². The number of hydrogen-bond donors (Lipinski definition) is 1. The monoisotopic (exact) mass is 257 g/mol. The number of carbonyl (C=O) groups is 1. The van der Waals surface area contributed by atoms with E-state index < -0.39 is 0 Å². The molecule has 1 aromatic heterocycles. The highest BCUT2D eigenvalue weighted by Gasteiger charge is 2.32. The molecule has 0 spiro atoms. The first kappa shape index (κ1) is 12.4. The minimum absolute atomic E-state index is 0.0360. The Labute approximate surface area is 113 Å². The molecule has 1 atom stereocenters. The van der Waals surface area contributed by atoms with Gasteiger partial charge in [-0.1, -0.05) is 25.5 Å². The van der Waals surface area contributed by atoms with Gasteiger partial charge in [-0.05, 0) is 37.4 Å². The fourth-order valence-electron chi connectivity index (χ4n) is 2.75. The molecule has 1 aliphatic carbocycles. The second-order valence-electron chi connectivity index (χ2n) is 5.26. The SMILES string of the molecule is CCNC(C(=O)c1ccc2ccoc2c1)C1CCC1. The van der Waals surface area contributed by atoms with Crippen molar-refractivity contribution in [2.45, 2.75) is 32.2 Å². The molecular formula is C16H19NO2. The third kappa shape index (κ3) is 2.30. The van der Waals surface area contributed by atoms with Gasteiger partial charge in [0.25, 0.3) is 0 Å². The van der Waals surface area contributed by atoms with Crippen LogP contribution in [-0.4, -0.2) is 18.4 Å². The van der Waals surface area contributed by atoms with Gasteiger partial charge in [0.15, 0.2) is 5.78 Å². The van der Waals surface area contributed by atoms with Crippen LogP contribution in [0.3, 0.4) is 0 Å². The smallest absolute Gasteiger partial charge is 0.180 e. The lowest BCUT2D eigenvalue weighted by Gasteiger charge is -2.33. The van der Waals surface area contributed by atoms with E-state index in [9.17, 15) is 4.79 Å². The van der Waals surface area contributed by atoms with E-state index in [-0.39, 0.29) is 11.8 Å². The number of Topliss-reactive ketones (excluding diaryl/α,β-unsaturated/α-hetero) is 1. The van der Waals surface area contributed by atoms with Crippen LogP contribution < -0.4 is 5.32 Å². The number of rotatable bonds is 5. The van der Waals surface area contributed by atoms with Crippen molar-refractivity contribution in [1.82, 2.24) is 5.32 Å². The summed E-state index contributed by atoms with van der Waals surface area (Å²) in [5.74, 6) is 0.699. The highest BCUT2D eigenvalue weighted by Crippen LogP contribution is 2.31. The molecule has 1 aliphatic rings. The number of hydrogen-bond acceptors (Lipinski definition) is 3. The van der Waals surface area contributed by atoms with Gasteiger partial charge in [0, 0.05) is 10.9 Å². The minimum Gasteiger partial charge on any atom is -0.464 e. The van der Waals surface area contributed by atoms with E-state index in [1.807, 2.05) is 24.3 Å². The largest absolute Gasteiger partial charge is 0.464 e. The van der Waals surface area contributed by atoms with Gasteiger partial charge in [0.05, 0.1) is 12.3 Å². The maximum atomic E-state index is 12.6. The summed E-state index contributed by atoms with van der Waals surface area (Å²) in [6.07, 6.45) is 5.22. The highest BCUT2D eigenvalue weighted by atomic mass is 16.3. The zero-order chi connectivity index (χ0) is 13.2. The van der Waals surface area contributed by atoms with Gasteiger partial charge in [0.2, 0.25) is 0 Å². The average Bonchev–Trinajstić information content (AvgIpc) is 2.82. The summed E-state index contributed by atoms with van der Waals surface area (Å²) < 4.78 is 5.38. The van der Waals surface area contributed by atoms with Crippen molar-refractivity contribution >= 4 is 16.8 Å². The molecule has 1 saturated carbocycles. The van der Waals surface area contributed by atoms with Crippen LogP contribution in [-0.2, 0) is 0 Å². The van der Waals surface area contributed by atoms with Gasteiger partial charge < -0.3 is 9.73 Å². The van der Waals surface area contributed by atoms with Crippen molar-refractivity contribution in [3.63, 3.8) is 0 Å². The van der Waals surface area contributed by atoms with Crippen LogP contribution >= 0.6 is 0 Å². The molecule has 1 heterocycles. The van der Waals surface area contributed by atoms with E-state index >= 15 is 0 Å². The summed E-state index contributed by atoms with van der Waals surface area (Å²) in [7, 11) is 0. The Bertz CT molecular complexity index is 583. The normalized spacial score (nSPS) is 17.3. The zero-order valence-electron chi connectivity index (χ0n) is 11.2. The second-order valence-corrected chi connectivity index (χ2v) is 5.26. The summed E-state index contributed by atoms with van der Waals surface area (Å²) in [6.45, 7) is 2.88. The molecule has 0 saturated heterocycles. The number of likely N-dealkylation sites (N-methyl/N-ethyl adjacent to an activating group) is 1. The van der Waals surface area contributed by atoms with E-state index in [0.29, 0.717) is 5.92 Å². The minimum atomic E-state index is -0.0360. The van der Waals surface area contributed by atoms with Crippen molar-refractivity contribution in [1.29, 1.82) is 0 Å². The summed E-state index contributed by atoms with van der Waals surface area (Å²) in [4.78, 5) is 12.6. The van der Waals surface area contributed by atoms with Gasteiger partial charge in [0.1, 0.15) is 5.58 Å². The molecule has 3 rings (SSSR count). The number of benzene rings is 1. The molecule has 0 bridgehead atoms. The van der Waals surface area contributed by atoms with E-state index in [1.165, 1.54) is 6.42 Å². The van der Waals surface area contributed by atoms with Crippen molar-refractivity contribution < 1.29 is 9.21 Å². The Morgan fingerprint density at radius 2 is 2.26 bits per heavy atom. The Hall–Kier alpha value is -1.61. The van der Waals surface area contributed by atoms with E-state index in [2.05, 4.69) is 12.2 Å². The van der Waals surface area contributed by atoms with Crippen molar-refractivity contribution in [2.24, 2.45) is 5.92 Å². The molecule has 19 heavy (non-hydrogen) atoms. The topological polar surface area (TPSA) is 42.2 Å². The van der Waals surface area contributed by atoms with Crippen LogP contribution in [0.5, 0.6) is 0 Å². The lowest BCUT2D eigenvalue weighted by atomic mass is 9.77. The maximum absolute atomic E-state index is 12.6. The lowest BCUT2D eigenvalue weighted by molar-refractivity contribution is 0.0863. The molecule has 0 aliphatic heterocycles. The van der Waals surface area contributed by atoms with E-state index in [4.69, 9.17) is 4.42 Å². The lowest BCUT2D eigenvalue weighted by Crippen LogP contribution is -2.45. The fraction of sp³-hybridized carbons (Fsp3) is 0.438. The quantitative estimate of drug-likeness (QED) is 0.835.